The van der Waals surface area contributed by atoms with Crippen molar-refractivity contribution in [1.29, 1.82) is 0 Å². The topological polar surface area (TPSA) is 115 Å². The smallest absolute Gasteiger partial charge is 0.279 e. The maximum atomic E-state index is 12.9. The number of hydrogen-bond acceptors (Lipinski definition) is 7. The maximum Gasteiger partial charge on any atom is 0.279 e. The molecule has 0 bridgehead atoms. The van der Waals surface area contributed by atoms with E-state index in [-0.39, 0.29) is 21.4 Å². The van der Waals surface area contributed by atoms with Crippen LogP contribution in [0.1, 0.15) is 31.1 Å². The van der Waals surface area contributed by atoms with Crippen molar-refractivity contribution in [1.82, 2.24) is 8.87 Å². The number of rotatable bonds is 9. The molecule has 0 saturated heterocycles. The fourth-order valence-electron chi connectivity index (χ4n) is 3.25. The van der Waals surface area contributed by atoms with E-state index in [1.54, 1.807) is 26.0 Å². The molecule has 3 rings (SSSR count). The zero-order chi connectivity index (χ0) is 26.0. The number of fused-ring (bicyclic) bond motifs is 1. The lowest BCUT2D eigenvalue weighted by Gasteiger charge is -2.20. The Morgan fingerprint density at radius 1 is 1.09 bits per heavy atom. The maximum absolute atomic E-state index is 12.9. The number of thiazole rings is 1. The molecule has 2 aromatic carbocycles. The minimum atomic E-state index is -3.67. The molecule has 35 heavy (non-hydrogen) atoms. The first kappa shape index (κ1) is 27.2. The van der Waals surface area contributed by atoms with Crippen LogP contribution < -0.4 is 4.80 Å². The molecule has 0 saturated carbocycles. The molecule has 1 amide bonds. The van der Waals surface area contributed by atoms with Gasteiger partial charge in [0.1, 0.15) is 0 Å². The average molecular weight is 540 g/mol. The molecule has 3 aromatic rings. The van der Waals surface area contributed by atoms with Crippen LogP contribution in [0.2, 0.25) is 0 Å². The van der Waals surface area contributed by atoms with Gasteiger partial charge in [0.05, 0.1) is 26.6 Å². The summed E-state index contributed by atoms with van der Waals surface area (Å²) in [7, 11) is -5.55. The lowest BCUT2D eigenvalue weighted by atomic mass is 10.2. The molecule has 0 N–H and O–H groups in total. The van der Waals surface area contributed by atoms with Gasteiger partial charge in [-0.05, 0) is 63.2 Å². The van der Waals surface area contributed by atoms with Crippen molar-refractivity contribution in [3.05, 3.63) is 52.8 Å². The second-order valence-corrected chi connectivity index (χ2v) is 13.2. The Bertz CT molecular complexity index is 1500. The molecule has 0 aliphatic rings. The number of benzene rings is 2. The Morgan fingerprint density at radius 2 is 1.71 bits per heavy atom. The molecular formula is C23H29N3O6S3. The van der Waals surface area contributed by atoms with E-state index in [4.69, 9.17) is 4.74 Å². The van der Waals surface area contributed by atoms with Gasteiger partial charge in [-0.25, -0.2) is 16.8 Å². The molecular weight excluding hydrogens is 510 g/mol. The molecule has 0 aliphatic heterocycles. The molecule has 0 unspecified atom stereocenters. The molecule has 12 heteroatoms. The summed E-state index contributed by atoms with van der Waals surface area (Å²) in [4.78, 5) is 17.9. The van der Waals surface area contributed by atoms with Crippen molar-refractivity contribution >= 4 is 47.3 Å². The van der Waals surface area contributed by atoms with Crippen LogP contribution >= 0.6 is 11.3 Å². The summed E-state index contributed by atoms with van der Waals surface area (Å²) in [6.07, 6.45) is 1.14. The Morgan fingerprint density at radius 3 is 2.29 bits per heavy atom. The standard InChI is InChI=1S/C23H29N3O6S3/c1-6-32-14-13-26-20-12-11-19(34(5,28)29)15-21(20)33-23(26)24-22(27)17-7-9-18(10-8-17)35(30,31)25(4)16(2)3/h7-12,15-16H,6,13-14H2,1-5H3. The third-order valence-corrected chi connectivity index (χ3v) is 9.65. The summed E-state index contributed by atoms with van der Waals surface area (Å²) in [5.41, 5.74) is 0.980. The fraction of sp³-hybridized carbons (Fsp3) is 0.391. The van der Waals surface area contributed by atoms with Crippen LogP contribution in [0, 0.1) is 0 Å². The Kier molecular flexibility index (Phi) is 8.32. The van der Waals surface area contributed by atoms with Gasteiger partial charge >= 0.3 is 0 Å². The highest BCUT2D eigenvalue weighted by atomic mass is 32.2. The van der Waals surface area contributed by atoms with Crippen molar-refractivity contribution in [3.8, 4) is 0 Å². The second kappa shape index (κ2) is 10.7. The quantitative estimate of drug-likeness (QED) is 0.386. The summed E-state index contributed by atoms with van der Waals surface area (Å²) in [5, 5.41) is 0. The molecule has 0 radical (unpaired) electrons. The molecule has 190 valence electrons. The van der Waals surface area contributed by atoms with Gasteiger partial charge in [0.15, 0.2) is 14.6 Å². The zero-order valence-electron chi connectivity index (χ0n) is 20.3. The number of nitrogens with zero attached hydrogens (tertiary/aromatic N) is 3. The summed E-state index contributed by atoms with van der Waals surface area (Å²) >= 11 is 1.20. The van der Waals surface area contributed by atoms with Gasteiger partial charge in [0, 0.05) is 38.1 Å². The highest BCUT2D eigenvalue weighted by molar-refractivity contribution is 7.90. The predicted molar refractivity (Wildman–Crippen MR) is 136 cm³/mol. The van der Waals surface area contributed by atoms with Crippen molar-refractivity contribution in [2.75, 3.05) is 26.5 Å². The van der Waals surface area contributed by atoms with Crippen molar-refractivity contribution in [3.63, 3.8) is 0 Å². The van der Waals surface area contributed by atoms with Gasteiger partial charge in [-0.15, -0.1) is 0 Å². The van der Waals surface area contributed by atoms with E-state index in [2.05, 4.69) is 4.99 Å². The zero-order valence-corrected chi connectivity index (χ0v) is 22.7. The molecule has 9 nitrogen and oxygen atoms in total. The van der Waals surface area contributed by atoms with Crippen molar-refractivity contribution in [2.24, 2.45) is 4.99 Å². The summed E-state index contributed by atoms with van der Waals surface area (Å²) in [6, 6.07) is 10.2. The molecule has 0 aliphatic carbocycles. The van der Waals surface area contributed by atoms with Gasteiger partial charge < -0.3 is 9.30 Å². The summed E-state index contributed by atoms with van der Waals surface area (Å²) in [5.74, 6) is -0.536. The first-order valence-electron chi connectivity index (χ1n) is 10.9. The van der Waals surface area contributed by atoms with Crippen LogP contribution in [-0.4, -0.2) is 64.2 Å². The minimum Gasteiger partial charge on any atom is -0.380 e. The van der Waals surface area contributed by atoms with Gasteiger partial charge in [0.25, 0.3) is 5.91 Å². The van der Waals surface area contributed by atoms with E-state index in [0.717, 1.165) is 11.8 Å². The van der Waals surface area contributed by atoms with E-state index in [1.807, 2.05) is 11.5 Å². The van der Waals surface area contributed by atoms with E-state index in [0.29, 0.717) is 29.3 Å². The lowest BCUT2D eigenvalue weighted by Crippen LogP contribution is -2.33. The van der Waals surface area contributed by atoms with Crippen LogP contribution in [0.5, 0.6) is 0 Å². The number of hydrogen-bond donors (Lipinski definition) is 0. The second-order valence-electron chi connectivity index (χ2n) is 8.19. The normalized spacial score (nSPS) is 13.3. The number of sulfone groups is 1. The number of amides is 1. The number of carbonyl (C=O) groups is 1. The largest absolute Gasteiger partial charge is 0.380 e. The van der Waals surface area contributed by atoms with Crippen LogP contribution in [0.15, 0.2) is 57.2 Å². The third-order valence-electron chi connectivity index (χ3n) is 5.45. The highest BCUT2D eigenvalue weighted by Gasteiger charge is 2.23. The van der Waals surface area contributed by atoms with Crippen LogP contribution in [-0.2, 0) is 31.1 Å². The van der Waals surface area contributed by atoms with Gasteiger partial charge in [0.2, 0.25) is 10.0 Å². The molecule has 1 aromatic heterocycles. The molecule has 1 heterocycles. The van der Waals surface area contributed by atoms with Crippen LogP contribution in [0.25, 0.3) is 10.2 Å². The van der Waals surface area contributed by atoms with E-state index < -0.39 is 25.8 Å². The number of carbonyl (C=O) groups excluding carboxylic acids is 1. The first-order valence-corrected chi connectivity index (χ1v) is 15.1. The Balaban J connectivity index is 2.03. The van der Waals surface area contributed by atoms with Crippen molar-refractivity contribution in [2.45, 2.75) is 43.1 Å². The summed E-state index contributed by atoms with van der Waals surface area (Å²) in [6.45, 7) is 6.79. The van der Waals surface area contributed by atoms with E-state index >= 15 is 0 Å². The number of ether oxygens (including phenoxy) is 1. The first-order chi connectivity index (χ1) is 16.4. The number of aromatic nitrogens is 1. The van der Waals surface area contributed by atoms with Gasteiger partial charge in [-0.2, -0.15) is 9.30 Å². The highest BCUT2D eigenvalue weighted by Crippen LogP contribution is 2.22. The SMILES string of the molecule is CCOCCn1c(=NC(=O)c2ccc(S(=O)(=O)N(C)C(C)C)cc2)sc2cc(S(C)(=O)=O)ccc21. The lowest BCUT2D eigenvalue weighted by molar-refractivity contribution is 0.0996. The third kappa shape index (κ3) is 6.07. The predicted octanol–water partition coefficient (Wildman–Crippen LogP) is 2.91. The fourth-order valence-corrected chi connectivity index (χ4v) is 6.43. The summed E-state index contributed by atoms with van der Waals surface area (Å²) < 4.78 is 58.5. The Labute approximate surface area is 209 Å². The molecule has 0 fully saturated rings. The average Bonchev–Trinajstić information content (AvgIpc) is 3.14. The van der Waals surface area contributed by atoms with Gasteiger partial charge in [-0.3, -0.25) is 4.79 Å². The van der Waals surface area contributed by atoms with Gasteiger partial charge in [-0.1, -0.05) is 11.3 Å². The van der Waals surface area contributed by atoms with Crippen LogP contribution in [0.3, 0.4) is 0 Å². The van der Waals surface area contributed by atoms with Crippen LogP contribution in [0.4, 0.5) is 0 Å². The molecule has 0 spiro atoms. The Hall–Kier alpha value is -2.38. The van der Waals surface area contributed by atoms with E-state index in [9.17, 15) is 21.6 Å². The monoisotopic (exact) mass is 539 g/mol. The van der Waals surface area contributed by atoms with Crippen molar-refractivity contribution < 1.29 is 26.4 Å². The molecule has 0 atom stereocenters. The number of sulfonamides is 1. The van der Waals surface area contributed by atoms with E-state index in [1.165, 1.54) is 53.0 Å². The minimum absolute atomic E-state index is 0.0900.